The predicted octanol–water partition coefficient (Wildman–Crippen LogP) is -2.00. The van der Waals surface area contributed by atoms with E-state index in [2.05, 4.69) is 0 Å². The van der Waals surface area contributed by atoms with Gasteiger partial charge in [-0.3, -0.25) is 0 Å². The quantitative estimate of drug-likeness (QED) is 0.356. The fourth-order valence-corrected chi connectivity index (χ4v) is 0. The summed E-state index contributed by atoms with van der Waals surface area (Å²) < 4.78 is 23.2. The summed E-state index contributed by atoms with van der Waals surface area (Å²) in [5.41, 5.74) is 0. The van der Waals surface area contributed by atoms with Gasteiger partial charge in [0.1, 0.15) is 0 Å². The Balaban J connectivity index is -0.0000000450. The van der Waals surface area contributed by atoms with Gasteiger partial charge in [0.05, 0.1) is 0 Å². The van der Waals surface area contributed by atoms with Gasteiger partial charge >= 0.3 is 29.3 Å². The summed E-state index contributed by atoms with van der Waals surface area (Å²) in [4.78, 5) is 0. The van der Waals surface area contributed by atoms with Gasteiger partial charge in [-0.05, 0) is 0 Å². The van der Waals surface area contributed by atoms with Crippen LogP contribution in [0.4, 0.5) is 0 Å². The molecule has 0 aromatic rings. The van der Waals surface area contributed by atoms with E-state index in [1.165, 1.54) is 0 Å². The molecule has 0 heterocycles. The third-order valence-corrected chi connectivity index (χ3v) is 0. The standard InChI is InChI=1S/2Li.2H2O.O.Ti/h;;2*1H2;;/q;;;;;+2/p-2. The Bertz CT molecular complexity index is 31.8. The van der Waals surface area contributed by atoms with E-state index in [1.807, 2.05) is 0 Å². The first-order chi connectivity index (χ1) is 1.73. The van der Waals surface area contributed by atoms with Gasteiger partial charge in [-0.2, -0.15) is 0 Å². The van der Waals surface area contributed by atoms with Crippen LogP contribution in [0.5, 0.6) is 0 Å². The average Bonchev–Trinajstić information content (AvgIpc) is 0.811. The topological polar surface area (TPSA) is 57.5 Å². The summed E-state index contributed by atoms with van der Waals surface area (Å²) in [7, 11) is 0. The van der Waals surface area contributed by atoms with Crippen molar-refractivity contribution in [2.45, 2.75) is 0 Å². The molecule has 26 valence electrons. The molecule has 0 fully saturated rings. The minimum absolute atomic E-state index is 0. The zero-order chi connectivity index (χ0) is 3.58. The Morgan fingerprint density at radius 3 is 1.17 bits per heavy atom. The summed E-state index contributed by atoms with van der Waals surface area (Å²) in [5.74, 6) is 0. The zero-order valence-corrected chi connectivity index (χ0v) is 5.36. The summed E-state index contributed by atoms with van der Waals surface area (Å²) in [5, 5.41) is 0. The van der Waals surface area contributed by atoms with E-state index in [0.29, 0.717) is 0 Å². The molecule has 0 aromatic carbocycles. The first kappa shape index (κ1) is 15.6. The molecule has 0 aliphatic heterocycles. The SMILES string of the molecule is [Li].[Li].[O]=[Ti]([OH])[OH]. The van der Waals surface area contributed by atoms with Crippen molar-refractivity contribution in [3.8, 4) is 0 Å². The first-order valence-electron chi connectivity index (χ1n) is 0.651. The Kier molecular flexibility index (Phi) is 25.6. The van der Waals surface area contributed by atoms with E-state index in [0.717, 1.165) is 0 Å². The molecule has 2 N–H and O–H groups in total. The van der Waals surface area contributed by atoms with Crippen LogP contribution in [-0.4, -0.2) is 45.1 Å². The monoisotopic (exact) mass is 112 g/mol. The van der Waals surface area contributed by atoms with Crippen LogP contribution >= 0.6 is 0 Å². The van der Waals surface area contributed by atoms with Crippen LogP contribution in [0.15, 0.2) is 0 Å². The van der Waals surface area contributed by atoms with E-state index in [9.17, 15) is 0 Å². The second kappa shape index (κ2) is 9.80. The minimum atomic E-state index is -3.58. The summed E-state index contributed by atoms with van der Waals surface area (Å²) in [6.07, 6.45) is 0. The molecule has 0 saturated carbocycles. The molecule has 0 spiro atoms. The van der Waals surface area contributed by atoms with Crippen LogP contribution in [-0.2, 0) is 21.9 Å². The van der Waals surface area contributed by atoms with Crippen molar-refractivity contribution >= 4 is 37.7 Å². The van der Waals surface area contributed by atoms with Gasteiger partial charge in [-0.1, -0.05) is 0 Å². The molecule has 2 radical (unpaired) electrons. The van der Waals surface area contributed by atoms with Crippen LogP contribution in [0.2, 0.25) is 0 Å². The Morgan fingerprint density at radius 1 is 1.17 bits per heavy atom. The number of hydrogen-bond acceptors (Lipinski definition) is 1. The van der Waals surface area contributed by atoms with Gasteiger partial charge in [0.2, 0.25) is 0 Å². The van der Waals surface area contributed by atoms with Crippen molar-refractivity contribution in [2.75, 3.05) is 0 Å². The number of hydrogen-bond donors (Lipinski definition) is 2. The van der Waals surface area contributed by atoms with Crippen molar-refractivity contribution in [3.63, 3.8) is 0 Å². The molecule has 0 saturated heterocycles. The first-order valence-corrected chi connectivity index (χ1v) is 2.69. The van der Waals surface area contributed by atoms with Crippen LogP contribution in [0, 0.1) is 0 Å². The molecular weight excluding hydrogens is 110 g/mol. The molecule has 0 unspecified atom stereocenters. The molecule has 0 rings (SSSR count). The average molecular weight is 112 g/mol. The van der Waals surface area contributed by atoms with Crippen LogP contribution in [0.1, 0.15) is 0 Å². The Morgan fingerprint density at radius 2 is 1.17 bits per heavy atom. The van der Waals surface area contributed by atoms with Gasteiger partial charge in [0.25, 0.3) is 0 Å². The third kappa shape index (κ3) is 45.5. The molecule has 6 heteroatoms. The van der Waals surface area contributed by atoms with Gasteiger partial charge in [0, 0.05) is 37.7 Å². The summed E-state index contributed by atoms with van der Waals surface area (Å²) in [6.45, 7) is 0. The maximum atomic E-state index is 8.81. The van der Waals surface area contributed by atoms with Crippen molar-refractivity contribution in [1.29, 1.82) is 0 Å². The second-order valence-electron chi connectivity index (χ2n) is 0.283. The van der Waals surface area contributed by atoms with Gasteiger partial charge in [-0.25, -0.2) is 0 Å². The molecule has 0 amide bonds. The molecular formula is H2Li2O3Ti. The van der Waals surface area contributed by atoms with E-state index in [4.69, 9.17) is 10.7 Å². The Hall–Kier alpha value is 1.63. The van der Waals surface area contributed by atoms with Crippen molar-refractivity contribution in [2.24, 2.45) is 0 Å². The van der Waals surface area contributed by atoms with Gasteiger partial charge in [-0.15, -0.1) is 0 Å². The van der Waals surface area contributed by atoms with E-state index in [-0.39, 0.29) is 37.7 Å². The van der Waals surface area contributed by atoms with Gasteiger partial charge in [0.15, 0.2) is 0 Å². The Labute approximate surface area is 66.6 Å². The normalized spacial score (nSPS) is 4.33. The fourth-order valence-electron chi connectivity index (χ4n) is 0. The summed E-state index contributed by atoms with van der Waals surface area (Å²) >= 11 is -3.58. The summed E-state index contributed by atoms with van der Waals surface area (Å²) in [6, 6.07) is 0. The molecule has 0 atom stereocenters. The maximum absolute atomic E-state index is 8.81. The zero-order valence-electron chi connectivity index (χ0n) is 3.80. The van der Waals surface area contributed by atoms with Crippen molar-refractivity contribution < 1.29 is 29.3 Å². The van der Waals surface area contributed by atoms with Gasteiger partial charge < -0.3 is 0 Å². The van der Waals surface area contributed by atoms with Crippen LogP contribution in [0.3, 0.4) is 0 Å². The van der Waals surface area contributed by atoms with E-state index in [1.54, 1.807) is 0 Å². The fraction of sp³-hybridized carbons (Fsp3) is 0. The molecule has 0 aliphatic rings. The second-order valence-corrected chi connectivity index (χ2v) is 1.17. The molecule has 0 aromatic heterocycles. The van der Waals surface area contributed by atoms with Crippen LogP contribution in [0.25, 0.3) is 0 Å². The molecule has 3 nitrogen and oxygen atoms in total. The van der Waals surface area contributed by atoms with E-state index < -0.39 is 18.6 Å². The van der Waals surface area contributed by atoms with Crippen molar-refractivity contribution in [1.82, 2.24) is 0 Å². The van der Waals surface area contributed by atoms with Crippen molar-refractivity contribution in [3.05, 3.63) is 0 Å². The molecule has 0 bridgehead atoms. The predicted molar refractivity (Wildman–Crippen MR) is 16.6 cm³/mol. The third-order valence-electron chi connectivity index (χ3n) is 0. The van der Waals surface area contributed by atoms with E-state index >= 15 is 0 Å². The molecule has 0 aliphatic carbocycles. The van der Waals surface area contributed by atoms with Crippen LogP contribution < -0.4 is 0 Å². The number of rotatable bonds is 0. The molecule has 6 heavy (non-hydrogen) atoms.